The molecule has 6 heteroatoms. The van der Waals surface area contributed by atoms with Crippen molar-refractivity contribution in [2.45, 2.75) is 6.54 Å². The number of H-pyrrole nitrogens is 2. The second-order valence-electron chi connectivity index (χ2n) is 4.81. The minimum Gasteiger partial charge on any atom is -0.341 e. The zero-order chi connectivity index (χ0) is 14.1. The maximum atomic E-state index is 12.1. The Kier molecular flexibility index (Phi) is 2.98. The van der Waals surface area contributed by atoms with Crippen molar-refractivity contribution >= 4 is 17.1 Å². The number of anilines is 1. The number of aromatic amines is 2. The normalized spacial score (nSPS) is 10.9. The summed E-state index contributed by atoms with van der Waals surface area (Å²) in [7, 11) is 3.71. The highest BCUT2D eigenvalue weighted by molar-refractivity contribution is 5.66. The summed E-state index contributed by atoms with van der Waals surface area (Å²) in [6.45, 7) is 0.683. The van der Waals surface area contributed by atoms with Crippen molar-refractivity contribution in [3.05, 3.63) is 52.6 Å². The van der Waals surface area contributed by atoms with Gasteiger partial charge in [0.25, 0.3) is 11.2 Å². The number of imidazole rings is 1. The summed E-state index contributed by atoms with van der Waals surface area (Å²) in [5, 5.41) is 0. The third-order valence-electron chi connectivity index (χ3n) is 3.25. The Morgan fingerprint density at radius 1 is 1.30 bits per heavy atom. The van der Waals surface area contributed by atoms with Crippen LogP contribution in [-0.4, -0.2) is 22.0 Å². The molecule has 3 rings (SSSR count). The van der Waals surface area contributed by atoms with Gasteiger partial charge in [-0.15, -0.1) is 0 Å². The van der Waals surface area contributed by atoms with Crippen molar-refractivity contribution < 1.29 is 4.57 Å². The van der Waals surface area contributed by atoms with Crippen molar-refractivity contribution in [1.82, 2.24) is 15.0 Å². The number of nitrogens with zero attached hydrogens (tertiary/aromatic N) is 3. The lowest BCUT2D eigenvalue weighted by Gasteiger charge is -2.16. The lowest BCUT2D eigenvalue weighted by atomic mass is 10.2. The second kappa shape index (κ2) is 4.80. The second-order valence-corrected chi connectivity index (χ2v) is 4.81. The predicted molar refractivity (Wildman–Crippen MR) is 76.4 cm³/mol. The molecule has 3 aromatic rings. The van der Waals surface area contributed by atoms with Gasteiger partial charge in [0.05, 0.1) is 7.05 Å². The molecule has 102 valence electrons. The fourth-order valence-corrected chi connectivity index (χ4v) is 2.22. The molecular formula is C14H16N5O+. The predicted octanol–water partition coefficient (Wildman–Crippen LogP) is 0.712. The van der Waals surface area contributed by atoms with E-state index in [1.807, 2.05) is 49.3 Å². The number of hydrogen-bond acceptors (Lipinski definition) is 3. The van der Waals surface area contributed by atoms with E-state index in [0.717, 1.165) is 5.56 Å². The highest BCUT2D eigenvalue weighted by atomic mass is 16.1. The van der Waals surface area contributed by atoms with Crippen LogP contribution in [0.4, 0.5) is 5.95 Å². The van der Waals surface area contributed by atoms with Gasteiger partial charge in [0.1, 0.15) is 0 Å². The standard InChI is InChI=1S/C14H15N5O/c1-18(8-10-6-4-3-5-7-10)14-16-12-11(13(20)17-14)19(2)9-15-12/h3-7,9H,8H2,1-2H3,(H,16,17,20)/p+1. The van der Waals surface area contributed by atoms with Crippen LogP contribution in [0.5, 0.6) is 0 Å². The zero-order valence-electron chi connectivity index (χ0n) is 11.4. The first-order valence-corrected chi connectivity index (χ1v) is 6.37. The topological polar surface area (TPSA) is 68.7 Å². The number of nitrogens with one attached hydrogen (secondary N) is 2. The molecule has 2 N–H and O–H groups in total. The quantitative estimate of drug-likeness (QED) is 0.689. The van der Waals surface area contributed by atoms with E-state index in [1.165, 1.54) is 0 Å². The van der Waals surface area contributed by atoms with Crippen molar-refractivity contribution in [2.24, 2.45) is 7.05 Å². The molecule has 0 aliphatic heterocycles. The van der Waals surface area contributed by atoms with E-state index in [9.17, 15) is 4.79 Å². The van der Waals surface area contributed by atoms with Gasteiger partial charge in [0, 0.05) is 13.6 Å². The molecule has 0 saturated heterocycles. The average molecular weight is 270 g/mol. The van der Waals surface area contributed by atoms with Gasteiger partial charge in [0.2, 0.25) is 12.3 Å². The van der Waals surface area contributed by atoms with Crippen LogP contribution < -0.4 is 15.0 Å². The molecule has 0 unspecified atom stereocenters. The van der Waals surface area contributed by atoms with Crippen molar-refractivity contribution in [2.75, 3.05) is 11.9 Å². The van der Waals surface area contributed by atoms with Gasteiger partial charge >= 0.3 is 5.56 Å². The molecule has 0 amide bonds. The Morgan fingerprint density at radius 2 is 2.05 bits per heavy atom. The molecule has 1 aromatic carbocycles. The van der Waals surface area contributed by atoms with Gasteiger partial charge in [0.15, 0.2) is 0 Å². The molecule has 0 bridgehead atoms. The van der Waals surface area contributed by atoms with Crippen LogP contribution in [0.25, 0.3) is 11.2 Å². The van der Waals surface area contributed by atoms with Crippen LogP contribution in [0.15, 0.2) is 41.5 Å². The van der Waals surface area contributed by atoms with E-state index in [4.69, 9.17) is 0 Å². The summed E-state index contributed by atoms with van der Waals surface area (Å²) in [5.74, 6) is 0.550. The van der Waals surface area contributed by atoms with Crippen LogP contribution in [0.3, 0.4) is 0 Å². The molecular weight excluding hydrogens is 254 g/mol. The van der Waals surface area contributed by atoms with Crippen LogP contribution in [0.1, 0.15) is 5.56 Å². The van der Waals surface area contributed by atoms with E-state index in [1.54, 1.807) is 10.9 Å². The monoisotopic (exact) mass is 270 g/mol. The molecule has 0 aliphatic carbocycles. The molecule has 0 fully saturated rings. The maximum absolute atomic E-state index is 12.1. The third-order valence-corrected chi connectivity index (χ3v) is 3.25. The molecule has 0 spiro atoms. The number of aromatic nitrogens is 4. The molecule has 0 aliphatic rings. The summed E-state index contributed by atoms with van der Waals surface area (Å²) in [5.41, 5.74) is 2.15. The van der Waals surface area contributed by atoms with Crippen molar-refractivity contribution in [3.63, 3.8) is 0 Å². The highest BCUT2D eigenvalue weighted by Gasteiger charge is 2.15. The Morgan fingerprint density at radius 3 is 2.80 bits per heavy atom. The van der Waals surface area contributed by atoms with E-state index < -0.39 is 0 Å². The zero-order valence-corrected chi connectivity index (χ0v) is 11.4. The fraction of sp³-hybridized carbons (Fsp3) is 0.214. The summed E-state index contributed by atoms with van der Waals surface area (Å²) >= 11 is 0. The first-order valence-electron chi connectivity index (χ1n) is 6.37. The summed E-state index contributed by atoms with van der Waals surface area (Å²) in [4.78, 5) is 24.2. The molecule has 6 nitrogen and oxygen atoms in total. The van der Waals surface area contributed by atoms with Crippen LogP contribution in [0.2, 0.25) is 0 Å². The molecule has 0 saturated carbocycles. The molecule has 2 heterocycles. The highest BCUT2D eigenvalue weighted by Crippen LogP contribution is 2.10. The van der Waals surface area contributed by atoms with E-state index in [2.05, 4.69) is 15.0 Å². The maximum Gasteiger partial charge on any atom is 0.304 e. The summed E-state index contributed by atoms with van der Waals surface area (Å²) in [6, 6.07) is 10.1. The smallest absolute Gasteiger partial charge is 0.304 e. The van der Waals surface area contributed by atoms with Gasteiger partial charge in [-0.3, -0.25) is 9.78 Å². The number of fused-ring (bicyclic) bond motifs is 1. The van der Waals surface area contributed by atoms with Gasteiger partial charge < -0.3 is 4.90 Å². The minimum atomic E-state index is -0.145. The van der Waals surface area contributed by atoms with Gasteiger partial charge in [-0.1, -0.05) is 30.3 Å². The Labute approximate surface area is 115 Å². The van der Waals surface area contributed by atoms with Crippen molar-refractivity contribution in [3.8, 4) is 0 Å². The SMILES string of the molecule is CN(Cc1ccccc1)c1nc2[nH]c[n+](C)c2c(=O)[nH]1. The Hall–Kier alpha value is -2.63. The molecule has 2 aromatic heterocycles. The van der Waals surface area contributed by atoms with Gasteiger partial charge in [-0.05, 0) is 5.56 Å². The van der Waals surface area contributed by atoms with E-state index in [0.29, 0.717) is 23.7 Å². The van der Waals surface area contributed by atoms with E-state index in [-0.39, 0.29) is 5.56 Å². The minimum absolute atomic E-state index is 0.145. The lowest BCUT2D eigenvalue weighted by Crippen LogP contribution is -2.32. The molecule has 0 radical (unpaired) electrons. The first kappa shape index (κ1) is 12.4. The van der Waals surface area contributed by atoms with E-state index >= 15 is 0 Å². The number of rotatable bonds is 3. The summed E-state index contributed by atoms with van der Waals surface area (Å²) < 4.78 is 1.72. The number of hydrogen-bond donors (Lipinski definition) is 2. The third kappa shape index (κ3) is 2.16. The van der Waals surface area contributed by atoms with Crippen molar-refractivity contribution in [1.29, 1.82) is 0 Å². The lowest BCUT2D eigenvalue weighted by molar-refractivity contribution is -0.645. The summed E-state index contributed by atoms with van der Waals surface area (Å²) in [6.07, 6.45) is 1.72. The number of benzene rings is 1. The van der Waals surface area contributed by atoms with Crippen LogP contribution in [-0.2, 0) is 13.6 Å². The van der Waals surface area contributed by atoms with Crippen LogP contribution >= 0.6 is 0 Å². The Balaban J connectivity index is 1.96. The first-order chi connectivity index (χ1) is 9.65. The van der Waals surface area contributed by atoms with Gasteiger partial charge in [-0.25, -0.2) is 9.55 Å². The molecule has 0 atom stereocenters. The average Bonchev–Trinajstić information content (AvgIpc) is 2.82. The fourth-order valence-electron chi connectivity index (χ4n) is 2.22. The Bertz CT molecular complexity index is 790. The number of aryl methyl sites for hydroxylation is 1. The van der Waals surface area contributed by atoms with Crippen LogP contribution in [0, 0.1) is 0 Å². The van der Waals surface area contributed by atoms with Gasteiger partial charge in [-0.2, -0.15) is 4.98 Å². The molecule has 20 heavy (non-hydrogen) atoms. The largest absolute Gasteiger partial charge is 0.341 e.